The topological polar surface area (TPSA) is 92.5 Å². The zero-order chi connectivity index (χ0) is 16.7. The van der Waals surface area contributed by atoms with E-state index >= 15 is 0 Å². The number of methoxy groups -OCH3 is 1. The van der Waals surface area contributed by atoms with Gasteiger partial charge in [-0.3, -0.25) is 0 Å². The SMILES string of the molecule is COC(=O)c1nc(Br)n(COCCOC(=O)c2ccccc2)n1. The van der Waals surface area contributed by atoms with Crippen LogP contribution in [0.4, 0.5) is 0 Å². The Morgan fingerprint density at radius 3 is 2.61 bits per heavy atom. The summed E-state index contributed by atoms with van der Waals surface area (Å²) in [5, 5.41) is 3.91. The van der Waals surface area contributed by atoms with Crippen molar-refractivity contribution in [1.29, 1.82) is 0 Å². The molecule has 0 amide bonds. The Morgan fingerprint density at radius 1 is 1.17 bits per heavy atom. The minimum atomic E-state index is -0.638. The van der Waals surface area contributed by atoms with Crippen LogP contribution in [-0.4, -0.2) is 47.0 Å². The Morgan fingerprint density at radius 2 is 1.91 bits per heavy atom. The number of rotatable bonds is 7. The van der Waals surface area contributed by atoms with Gasteiger partial charge in [0.2, 0.25) is 0 Å². The van der Waals surface area contributed by atoms with E-state index in [0.717, 1.165) is 0 Å². The molecule has 1 aromatic carbocycles. The average Bonchev–Trinajstić information content (AvgIpc) is 2.95. The van der Waals surface area contributed by atoms with Crippen molar-refractivity contribution in [3.05, 3.63) is 46.5 Å². The van der Waals surface area contributed by atoms with E-state index in [1.54, 1.807) is 24.3 Å². The Kier molecular flexibility index (Phi) is 6.24. The lowest BCUT2D eigenvalue weighted by Crippen LogP contribution is -2.13. The largest absolute Gasteiger partial charge is 0.463 e. The second-order valence-electron chi connectivity index (χ2n) is 4.23. The molecule has 0 bridgehead atoms. The molecule has 0 saturated carbocycles. The molecule has 23 heavy (non-hydrogen) atoms. The molecule has 0 N–H and O–H groups in total. The van der Waals surface area contributed by atoms with E-state index in [0.29, 0.717) is 10.3 Å². The van der Waals surface area contributed by atoms with Crippen molar-refractivity contribution in [2.75, 3.05) is 20.3 Å². The van der Waals surface area contributed by atoms with Gasteiger partial charge in [0, 0.05) is 0 Å². The van der Waals surface area contributed by atoms with Crippen LogP contribution in [0.2, 0.25) is 0 Å². The molecule has 0 unspecified atom stereocenters. The molecular formula is C14H14BrN3O5. The van der Waals surface area contributed by atoms with Gasteiger partial charge >= 0.3 is 11.9 Å². The summed E-state index contributed by atoms with van der Waals surface area (Å²) in [7, 11) is 1.24. The van der Waals surface area contributed by atoms with Crippen LogP contribution in [0.25, 0.3) is 0 Å². The van der Waals surface area contributed by atoms with Crippen molar-refractivity contribution in [2.45, 2.75) is 6.73 Å². The van der Waals surface area contributed by atoms with Gasteiger partial charge in [-0.05, 0) is 28.1 Å². The first-order chi connectivity index (χ1) is 11.1. The molecule has 0 radical (unpaired) electrons. The van der Waals surface area contributed by atoms with Gasteiger partial charge < -0.3 is 14.2 Å². The molecule has 8 nitrogen and oxygen atoms in total. The molecule has 2 rings (SSSR count). The van der Waals surface area contributed by atoms with Gasteiger partial charge in [0.25, 0.3) is 5.82 Å². The van der Waals surface area contributed by atoms with E-state index in [1.165, 1.54) is 11.8 Å². The van der Waals surface area contributed by atoms with Crippen molar-refractivity contribution in [3.63, 3.8) is 0 Å². The number of nitrogens with zero attached hydrogens (tertiary/aromatic N) is 3. The van der Waals surface area contributed by atoms with E-state index in [1.807, 2.05) is 6.07 Å². The zero-order valence-electron chi connectivity index (χ0n) is 12.3. The van der Waals surface area contributed by atoms with Gasteiger partial charge in [-0.15, -0.1) is 5.10 Å². The second-order valence-corrected chi connectivity index (χ2v) is 4.94. The van der Waals surface area contributed by atoms with E-state index in [-0.39, 0.29) is 25.8 Å². The summed E-state index contributed by atoms with van der Waals surface area (Å²) in [5.41, 5.74) is 0.481. The maximum atomic E-state index is 11.7. The highest BCUT2D eigenvalue weighted by molar-refractivity contribution is 9.10. The molecule has 1 heterocycles. The summed E-state index contributed by atoms with van der Waals surface area (Å²) in [5.74, 6) is -1.12. The molecule has 1 aromatic heterocycles. The maximum absolute atomic E-state index is 11.7. The van der Waals surface area contributed by atoms with Crippen molar-refractivity contribution >= 4 is 27.9 Å². The number of halogens is 1. The van der Waals surface area contributed by atoms with Gasteiger partial charge in [0.1, 0.15) is 13.3 Å². The summed E-state index contributed by atoms with van der Waals surface area (Å²) in [6.45, 7) is 0.329. The molecule has 122 valence electrons. The van der Waals surface area contributed by atoms with Crippen LogP contribution in [0, 0.1) is 0 Å². The molecule has 2 aromatic rings. The number of aromatic nitrogens is 3. The normalized spacial score (nSPS) is 10.3. The van der Waals surface area contributed by atoms with Crippen LogP contribution in [0.1, 0.15) is 21.0 Å². The smallest absolute Gasteiger partial charge is 0.377 e. The highest BCUT2D eigenvalue weighted by Gasteiger charge is 2.15. The third-order valence-electron chi connectivity index (χ3n) is 2.68. The highest BCUT2D eigenvalue weighted by Crippen LogP contribution is 2.08. The predicted molar refractivity (Wildman–Crippen MR) is 81.7 cm³/mol. The summed E-state index contributed by atoms with van der Waals surface area (Å²) in [4.78, 5) is 26.8. The van der Waals surface area contributed by atoms with Gasteiger partial charge in [0.05, 0.1) is 19.3 Å². The van der Waals surface area contributed by atoms with E-state index in [4.69, 9.17) is 9.47 Å². The monoisotopic (exact) mass is 383 g/mol. The number of ether oxygens (including phenoxy) is 3. The molecule has 0 aliphatic heterocycles. The van der Waals surface area contributed by atoms with Crippen LogP contribution < -0.4 is 0 Å². The zero-order valence-corrected chi connectivity index (χ0v) is 13.9. The first kappa shape index (κ1) is 17.1. The molecule has 0 saturated heterocycles. The van der Waals surface area contributed by atoms with Crippen molar-refractivity contribution in [1.82, 2.24) is 14.8 Å². The van der Waals surface area contributed by atoms with E-state index in [2.05, 4.69) is 30.7 Å². The van der Waals surface area contributed by atoms with E-state index < -0.39 is 11.9 Å². The molecular weight excluding hydrogens is 370 g/mol. The standard InChI is InChI=1S/C14H14BrN3O5/c1-21-13(20)11-16-14(15)18(17-11)9-22-7-8-23-12(19)10-5-3-2-4-6-10/h2-6H,7-9H2,1H3. The van der Waals surface area contributed by atoms with Crippen LogP contribution in [0.3, 0.4) is 0 Å². The Labute approximate surface area is 140 Å². The van der Waals surface area contributed by atoms with Gasteiger partial charge in [-0.1, -0.05) is 18.2 Å². The lowest BCUT2D eigenvalue weighted by atomic mass is 10.2. The van der Waals surface area contributed by atoms with Crippen LogP contribution in [-0.2, 0) is 20.9 Å². The van der Waals surface area contributed by atoms with Gasteiger partial charge in [0.15, 0.2) is 4.73 Å². The maximum Gasteiger partial charge on any atom is 0.377 e. The number of carbonyl (C=O) groups is 2. The van der Waals surface area contributed by atoms with Gasteiger partial charge in [-0.25, -0.2) is 14.3 Å². The predicted octanol–water partition coefficient (Wildman–Crippen LogP) is 1.66. The first-order valence-electron chi connectivity index (χ1n) is 6.60. The van der Waals surface area contributed by atoms with Crippen molar-refractivity contribution in [3.8, 4) is 0 Å². The highest BCUT2D eigenvalue weighted by atomic mass is 79.9. The summed E-state index contributed by atoms with van der Waals surface area (Å²) < 4.78 is 16.6. The van der Waals surface area contributed by atoms with E-state index in [9.17, 15) is 9.59 Å². The molecule has 0 spiro atoms. The molecule has 0 aliphatic carbocycles. The molecule has 9 heteroatoms. The number of esters is 2. The number of hydrogen-bond donors (Lipinski definition) is 0. The molecule has 0 aliphatic rings. The molecule has 0 fully saturated rings. The van der Waals surface area contributed by atoms with Crippen molar-refractivity contribution < 1.29 is 23.8 Å². The number of hydrogen-bond acceptors (Lipinski definition) is 7. The van der Waals surface area contributed by atoms with Crippen molar-refractivity contribution in [2.24, 2.45) is 0 Å². The number of carbonyl (C=O) groups excluding carboxylic acids is 2. The average molecular weight is 384 g/mol. The minimum absolute atomic E-state index is 0.0491. The summed E-state index contributed by atoms with van der Waals surface area (Å²) in [6.07, 6.45) is 0. The van der Waals surface area contributed by atoms with Crippen LogP contribution in [0.15, 0.2) is 35.1 Å². The minimum Gasteiger partial charge on any atom is -0.463 e. The quantitative estimate of drug-likeness (QED) is 0.530. The summed E-state index contributed by atoms with van der Waals surface area (Å²) >= 11 is 3.15. The van der Waals surface area contributed by atoms with Crippen LogP contribution >= 0.6 is 15.9 Å². The Hall–Kier alpha value is -2.26. The Balaban J connectivity index is 1.73. The first-order valence-corrected chi connectivity index (χ1v) is 7.39. The third kappa shape index (κ3) is 4.86. The second kappa shape index (κ2) is 8.39. The molecule has 0 atom stereocenters. The fraction of sp³-hybridized carbons (Fsp3) is 0.286. The fourth-order valence-corrected chi connectivity index (χ4v) is 1.93. The lowest BCUT2D eigenvalue weighted by molar-refractivity contribution is 0.0136. The lowest BCUT2D eigenvalue weighted by Gasteiger charge is -2.06. The third-order valence-corrected chi connectivity index (χ3v) is 3.27. The fourth-order valence-electron chi connectivity index (χ4n) is 1.58. The summed E-state index contributed by atoms with van der Waals surface area (Å²) in [6, 6.07) is 8.68. The number of benzene rings is 1. The van der Waals surface area contributed by atoms with Crippen LogP contribution in [0.5, 0.6) is 0 Å². The Bertz CT molecular complexity index is 674. The van der Waals surface area contributed by atoms with Gasteiger partial charge in [-0.2, -0.15) is 4.98 Å².